The van der Waals surface area contributed by atoms with Crippen molar-refractivity contribution in [2.75, 3.05) is 6.61 Å². The van der Waals surface area contributed by atoms with Crippen molar-refractivity contribution in [1.29, 1.82) is 0 Å². The van der Waals surface area contributed by atoms with Gasteiger partial charge in [0.15, 0.2) is 0 Å². The molecule has 0 radical (unpaired) electrons. The van der Waals surface area contributed by atoms with Crippen molar-refractivity contribution in [3.8, 4) is 0 Å². The Labute approximate surface area is 158 Å². The molecular formula is C19H20O5S2. The minimum Gasteiger partial charge on any atom is -0.394 e. The highest BCUT2D eigenvalue weighted by atomic mass is 32.2. The van der Waals surface area contributed by atoms with E-state index in [1.54, 1.807) is 22.7 Å². The fourth-order valence-corrected chi connectivity index (χ4v) is 5.55. The van der Waals surface area contributed by atoms with Gasteiger partial charge in [0.25, 0.3) is 0 Å². The van der Waals surface area contributed by atoms with Crippen LogP contribution in [0, 0.1) is 0 Å². The lowest BCUT2D eigenvalue weighted by Crippen LogP contribution is -2.55. The van der Waals surface area contributed by atoms with E-state index >= 15 is 0 Å². The first-order valence-electron chi connectivity index (χ1n) is 8.42. The molecule has 1 aromatic carbocycles. The molecule has 138 valence electrons. The van der Waals surface area contributed by atoms with Gasteiger partial charge < -0.3 is 25.2 Å². The first-order valence-corrected chi connectivity index (χ1v) is 10.1. The van der Waals surface area contributed by atoms with Crippen molar-refractivity contribution in [2.24, 2.45) is 0 Å². The molecule has 1 aliphatic heterocycles. The van der Waals surface area contributed by atoms with Crippen molar-refractivity contribution in [3.05, 3.63) is 57.8 Å². The molecule has 0 spiro atoms. The quantitative estimate of drug-likeness (QED) is 0.546. The number of hydrogen-bond donors (Lipinski definition) is 4. The maximum Gasteiger partial charge on any atom is 0.113 e. The molecule has 0 amide bonds. The van der Waals surface area contributed by atoms with Gasteiger partial charge in [-0.3, -0.25) is 0 Å². The normalized spacial score (nSPS) is 29.3. The molecule has 0 unspecified atom stereocenters. The largest absolute Gasteiger partial charge is 0.394 e. The van der Waals surface area contributed by atoms with Crippen molar-refractivity contribution >= 4 is 32.1 Å². The summed E-state index contributed by atoms with van der Waals surface area (Å²) in [5, 5.41) is 42.9. The number of fused-ring (bicyclic) bond motifs is 1. The molecule has 1 saturated heterocycles. The molecule has 2 aromatic heterocycles. The smallest absolute Gasteiger partial charge is 0.113 e. The van der Waals surface area contributed by atoms with E-state index in [-0.39, 0.29) is 0 Å². The van der Waals surface area contributed by atoms with E-state index in [2.05, 4.69) is 17.5 Å². The molecule has 0 aliphatic carbocycles. The van der Waals surface area contributed by atoms with Crippen LogP contribution in [-0.2, 0) is 11.2 Å². The number of aliphatic hydroxyl groups is 4. The molecule has 1 aliphatic rings. The van der Waals surface area contributed by atoms with E-state index in [1.165, 1.54) is 14.3 Å². The van der Waals surface area contributed by atoms with Gasteiger partial charge in [0.2, 0.25) is 0 Å². The molecule has 0 bridgehead atoms. The average Bonchev–Trinajstić information content (AvgIpc) is 3.22. The van der Waals surface area contributed by atoms with E-state index in [4.69, 9.17) is 4.74 Å². The van der Waals surface area contributed by atoms with Crippen LogP contribution in [0.2, 0.25) is 0 Å². The van der Waals surface area contributed by atoms with Crippen LogP contribution in [0.4, 0.5) is 0 Å². The summed E-state index contributed by atoms with van der Waals surface area (Å²) in [6.45, 7) is -0.424. The van der Waals surface area contributed by atoms with E-state index in [9.17, 15) is 20.4 Å². The summed E-state index contributed by atoms with van der Waals surface area (Å²) in [4.78, 5) is 1.26. The van der Waals surface area contributed by atoms with Gasteiger partial charge in [0, 0.05) is 16.7 Å². The van der Waals surface area contributed by atoms with Gasteiger partial charge in [-0.1, -0.05) is 24.3 Å². The van der Waals surface area contributed by atoms with Gasteiger partial charge in [-0.2, -0.15) is 0 Å². The monoisotopic (exact) mass is 392 g/mol. The Morgan fingerprint density at radius 1 is 1.00 bits per heavy atom. The maximum atomic E-state index is 10.3. The summed E-state index contributed by atoms with van der Waals surface area (Å²) in [6.07, 6.45) is -4.87. The van der Waals surface area contributed by atoms with E-state index < -0.39 is 37.1 Å². The number of thiophene rings is 2. The Morgan fingerprint density at radius 2 is 1.85 bits per heavy atom. The Kier molecular flexibility index (Phi) is 5.11. The van der Waals surface area contributed by atoms with Gasteiger partial charge in [0.05, 0.1) is 10.6 Å². The van der Waals surface area contributed by atoms with E-state index in [1.807, 2.05) is 24.3 Å². The highest BCUT2D eigenvalue weighted by Gasteiger charge is 2.43. The van der Waals surface area contributed by atoms with Crippen molar-refractivity contribution in [2.45, 2.75) is 36.9 Å². The zero-order valence-corrected chi connectivity index (χ0v) is 15.5. The number of aliphatic hydroxyl groups excluding tert-OH is 4. The van der Waals surface area contributed by atoms with E-state index in [0.717, 1.165) is 17.5 Å². The highest BCUT2D eigenvalue weighted by molar-refractivity contribution is 7.37. The van der Waals surface area contributed by atoms with Crippen LogP contribution in [0.15, 0.2) is 41.8 Å². The Morgan fingerprint density at radius 3 is 2.62 bits per heavy atom. The first kappa shape index (κ1) is 18.1. The molecule has 5 atom stereocenters. The summed E-state index contributed by atoms with van der Waals surface area (Å²) in [5.41, 5.74) is 1.80. The predicted molar refractivity (Wildman–Crippen MR) is 102 cm³/mol. The average molecular weight is 392 g/mol. The first-order chi connectivity index (χ1) is 12.6. The van der Waals surface area contributed by atoms with Gasteiger partial charge >= 0.3 is 0 Å². The minimum absolute atomic E-state index is 0.424. The van der Waals surface area contributed by atoms with Crippen LogP contribution >= 0.6 is 22.7 Å². The molecule has 4 N–H and O–H groups in total. The second-order valence-corrected chi connectivity index (χ2v) is 8.86. The number of ether oxygens (including phenoxy) is 1. The number of rotatable bonds is 4. The number of hydrogen-bond acceptors (Lipinski definition) is 7. The molecule has 3 aromatic rings. The van der Waals surface area contributed by atoms with E-state index in [0.29, 0.717) is 0 Å². The van der Waals surface area contributed by atoms with Gasteiger partial charge in [-0.05, 0) is 28.6 Å². The standard InChI is InChI=1S/C19H20O5S2/c20-9-14-15(21)16(22)17(23)18(24-14)11-3-1-2-10(6-11)7-13-8-12-4-5-25-19(12)26-13/h1-6,8,14-18,20-23H,7,9H2/t14-,15-,16+,17-,18+/m1/s1. The maximum absolute atomic E-state index is 10.3. The Bertz CT molecular complexity index is 858. The van der Waals surface area contributed by atoms with Gasteiger partial charge in [0.1, 0.15) is 30.5 Å². The lowest BCUT2D eigenvalue weighted by atomic mass is 9.90. The molecule has 26 heavy (non-hydrogen) atoms. The third-order valence-electron chi connectivity index (χ3n) is 4.75. The fraction of sp³-hybridized carbons (Fsp3) is 0.368. The second-order valence-electron chi connectivity index (χ2n) is 6.55. The summed E-state index contributed by atoms with van der Waals surface area (Å²) in [6, 6.07) is 12.0. The zero-order chi connectivity index (χ0) is 18.3. The van der Waals surface area contributed by atoms with Gasteiger partial charge in [-0.15, -0.1) is 22.7 Å². The summed E-state index contributed by atoms with van der Waals surface area (Å²) < 4.78 is 6.96. The second kappa shape index (κ2) is 7.36. The van der Waals surface area contributed by atoms with Crippen LogP contribution in [0.25, 0.3) is 9.40 Å². The fourth-order valence-electron chi connectivity index (χ4n) is 3.36. The molecule has 7 heteroatoms. The topological polar surface area (TPSA) is 90.2 Å². The van der Waals surface area contributed by atoms with Crippen LogP contribution in [-0.4, -0.2) is 51.4 Å². The molecule has 5 nitrogen and oxygen atoms in total. The van der Waals surface area contributed by atoms with Crippen LogP contribution in [0.5, 0.6) is 0 Å². The molecule has 4 rings (SSSR count). The molecule has 1 fully saturated rings. The molecule has 0 saturated carbocycles. The third-order valence-corrected chi connectivity index (χ3v) is 6.95. The Balaban J connectivity index is 1.57. The molecular weight excluding hydrogens is 372 g/mol. The van der Waals surface area contributed by atoms with Gasteiger partial charge in [-0.25, -0.2) is 0 Å². The highest BCUT2D eigenvalue weighted by Crippen LogP contribution is 2.34. The predicted octanol–water partition coefficient (Wildman–Crippen LogP) is 2.07. The molecule has 3 heterocycles. The third kappa shape index (κ3) is 3.32. The lowest BCUT2D eigenvalue weighted by Gasteiger charge is -2.40. The number of benzene rings is 1. The SMILES string of the molecule is OC[C@H]1O[C@@H](c2cccc(Cc3cc4ccsc4s3)c2)[C@H](O)[C@@H](O)[C@@H]1O. The lowest BCUT2D eigenvalue weighted by molar-refractivity contribution is -0.231. The van der Waals surface area contributed by atoms with Crippen LogP contribution in [0.3, 0.4) is 0 Å². The van der Waals surface area contributed by atoms with Crippen molar-refractivity contribution in [3.63, 3.8) is 0 Å². The summed E-state index contributed by atoms with van der Waals surface area (Å²) in [7, 11) is 0. The summed E-state index contributed by atoms with van der Waals surface area (Å²) >= 11 is 3.52. The van der Waals surface area contributed by atoms with Crippen LogP contribution in [0.1, 0.15) is 22.1 Å². The van der Waals surface area contributed by atoms with Crippen molar-refractivity contribution in [1.82, 2.24) is 0 Å². The van der Waals surface area contributed by atoms with Crippen LogP contribution < -0.4 is 0 Å². The van der Waals surface area contributed by atoms with Crippen molar-refractivity contribution < 1.29 is 25.2 Å². The minimum atomic E-state index is -1.36. The zero-order valence-electron chi connectivity index (χ0n) is 13.9. The Hall–Kier alpha value is -1.32. The summed E-state index contributed by atoms with van der Waals surface area (Å²) in [5.74, 6) is 0.